The summed E-state index contributed by atoms with van der Waals surface area (Å²) in [4.78, 5) is 16.6. The summed E-state index contributed by atoms with van der Waals surface area (Å²) in [6, 6.07) is 0.353. The fourth-order valence-electron chi connectivity index (χ4n) is 1.90. The minimum atomic E-state index is 0.0273. The molecule has 0 aromatic heterocycles. The number of piperidine rings is 1. The molecule has 0 radical (unpaired) electrons. The average molecular weight is 240 g/mol. The van der Waals surface area contributed by atoms with Crippen LogP contribution in [-0.2, 0) is 4.79 Å². The highest BCUT2D eigenvalue weighted by atomic mass is 32.2. The monoisotopic (exact) mass is 240 g/mol. The highest BCUT2D eigenvalue weighted by molar-refractivity contribution is 8.06. The molecule has 1 aliphatic heterocycles. The number of carbonyl (C=O) groups is 1. The zero-order valence-corrected chi connectivity index (χ0v) is 10.9. The van der Waals surface area contributed by atoms with Crippen molar-refractivity contribution in [2.45, 2.75) is 18.9 Å². The third kappa shape index (κ3) is 3.39. The molecule has 0 atom stereocenters. The van der Waals surface area contributed by atoms with Gasteiger partial charge in [0.25, 0.3) is 5.91 Å². The van der Waals surface area contributed by atoms with Crippen molar-refractivity contribution in [2.75, 3.05) is 27.2 Å². The van der Waals surface area contributed by atoms with E-state index < -0.39 is 0 Å². The average Bonchev–Trinajstić information content (AvgIpc) is 2.28. The van der Waals surface area contributed by atoms with E-state index in [4.69, 9.17) is 0 Å². The van der Waals surface area contributed by atoms with Crippen LogP contribution in [-0.4, -0.2) is 48.9 Å². The van der Waals surface area contributed by atoms with Gasteiger partial charge in [-0.2, -0.15) is 0 Å². The molecule has 0 bridgehead atoms. The van der Waals surface area contributed by atoms with Gasteiger partial charge in [0.15, 0.2) is 0 Å². The molecule has 1 rings (SSSR count). The van der Waals surface area contributed by atoms with E-state index in [2.05, 4.69) is 25.1 Å². The number of hydrogen-bond donors (Lipinski definition) is 0. The number of carbonyl (C=O) groups excluding carboxylic acids is 1. The van der Waals surface area contributed by atoms with Crippen LogP contribution < -0.4 is 0 Å². The molecule has 0 N–H and O–H groups in total. The van der Waals surface area contributed by atoms with E-state index in [-0.39, 0.29) is 5.91 Å². The van der Waals surface area contributed by atoms with Crippen LogP contribution >= 0.6 is 11.8 Å². The molecule has 1 amide bonds. The van der Waals surface area contributed by atoms with E-state index in [1.807, 2.05) is 11.9 Å². The molecule has 4 heteroatoms. The SMILES string of the molecule is C=CSC(=C)C(=O)N(C)C1CCN(C)CC1. The zero-order chi connectivity index (χ0) is 12.1. The normalized spacial score (nSPS) is 18.1. The van der Waals surface area contributed by atoms with Gasteiger partial charge < -0.3 is 9.80 Å². The lowest BCUT2D eigenvalue weighted by atomic mass is 10.0. The standard InChI is InChI=1S/C12H20N2OS/c1-5-16-10(2)12(15)14(4)11-6-8-13(3)9-7-11/h5,11H,1-2,6-9H2,3-4H3. The molecule has 0 aliphatic carbocycles. The van der Waals surface area contributed by atoms with Gasteiger partial charge in [-0.3, -0.25) is 4.79 Å². The van der Waals surface area contributed by atoms with Crippen LogP contribution in [0.2, 0.25) is 0 Å². The zero-order valence-electron chi connectivity index (χ0n) is 10.1. The van der Waals surface area contributed by atoms with E-state index >= 15 is 0 Å². The van der Waals surface area contributed by atoms with Gasteiger partial charge in [-0.1, -0.05) is 24.9 Å². The molecular weight excluding hydrogens is 220 g/mol. The molecule has 0 aromatic rings. The number of rotatable bonds is 4. The first kappa shape index (κ1) is 13.3. The number of nitrogens with zero attached hydrogens (tertiary/aromatic N) is 2. The molecule has 0 aromatic carbocycles. The Morgan fingerprint density at radius 2 is 2.06 bits per heavy atom. The number of likely N-dealkylation sites (N-methyl/N-ethyl adjacent to an activating group) is 1. The lowest BCUT2D eigenvalue weighted by molar-refractivity contribution is -0.127. The smallest absolute Gasteiger partial charge is 0.259 e. The Labute approximate surface area is 102 Å². The maximum absolute atomic E-state index is 12.0. The molecular formula is C12H20N2OS. The minimum Gasteiger partial charge on any atom is -0.338 e. The van der Waals surface area contributed by atoms with Gasteiger partial charge in [0, 0.05) is 13.1 Å². The van der Waals surface area contributed by atoms with Crippen LogP contribution in [0.3, 0.4) is 0 Å². The van der Waals surface area contributed by atoms with Crippen molar-refractivity contribution in [3.05, 3.63) is 23.5 Å². The van der Waals surface area contributed by atoms with E-state index in [9.17, 15) is 4.79 Å². The van der Waals surface area contributed by atoms with Crippen LogP contribution in [0.1, 0.15) is 12.8 Å². The molecule has 1 fully saturated rings. The molecule has 1 aliphatic rings. The van der Waals surface area contributed by atoms with Crippen molar-refractivity contribution in [3.63, 3.8) is 0 Å². The Hall–Kier alpha value is -0.740. The second-order valence-electron chi connectivity index (χ2n) is 4.16. The molecule has 1 saturated heterocycles. The van der Waals surface area contributed by atoms with Gasteiger partial charge in [0.05, 0.1) is 4.91 Å². The van der Waals surface area contributed by atoms with E-state index in [0.29, 0.717) is 10.9 Å². The van der Waals surface area contributed by atoms with Gasteiger partial charge in [0.1, 0.15) is 0 Å². The van der Waals surface area contributed by atoms with E-state index in [1.54, 1.807) is 5.41 Å². The number of hydrogen-bond acceptors (Lipinski definition) is 3. The van der Waals surface area contributed by atoms with E-state index in [1.165, 1.54) is 11.8 Å². The Kier molecular flexibility index (Phi) is 5.09. The molecule has 3 nitrogen and oxygen atoms in total. The number of amides is 1. The third-order valence-corrected chi connectivity index (χ3v) is 3.65. The fourth-order valence-corrected chi connectivity index (χ4v) is 2.34. The topological polar surface area (TPSA) is 23.6 Å². The number of likely N-dealkylation sites (tertiary alicyclic amines) is 1. The predicted molar refractivity (Wildman–Crippen MR) is 70.2 cm³/mol. The van der Waals surface area contributed by atoms with Gasteiger partial charge >= 0.3 is 0 Å². The van der Waals surface area contributed by atoms with Crippen molar-refractivity contribution in [3.8, 4) is 0 Å². The van der Waals surface area contributed by atoms with E-state index in [0.717, 1.165) is 25.9 Å². The maximum Gasteiger partial charge on any atom is 0.259 e. The van der Waals surface area contributed by atoms with Gasteiger partial charge in [0.2, 0.25) is 0 Å². The first-order chi connectivity index (χ1) is 7.56. The fraction of sp³-hybridized carbons (Fsp3) is 0.583. The van der Waals surface area contributed by atoms with Gasteiger partial charge in [-0.25, -0.2) is 0 Å². The maximum atomic E-state index is 12.0. The Morgan fingerprint density at radius 3 is 2.56 bits per heavy atom. The lowest BCUT2D eigenvalue weighted by Crippen LogP contribution is -2.44. The summed E-state index contributed by atoms with van der Waals surface area (Å²) >= 11 is 1.30. The predicted octanol–water partition coefficient (Wildman–Crippen LogP) is 1.93. The quantitative estimate of drug-likeness (QED) is 0.702. The molecule has 1 heterocycles. The van der Waals surface area contributed by atoms with Gasteiger partial charge in [-0.05, 0) is 38.4 Å². The van der Waals surface area contributed by atoms with Crippen molar-refractivity contribution < 1.29 is 4.79 Å². The Bertz CT molecular complexity index is 283. The molecule has 0 spiro atoms. The van der Waals surface area contributed by atoms with Crippen molar-refractivity contribution >= 4 is 17.7 Å². The summed E-state index contributed by atoms with van der Waals surface area (Å²) < 4.78 is 0. The summed E-state index contributed by atoms with van der Waals surface area (Å²) in [5, 5.41) is 1.64. The summed E-state index contributed by atoms with van der Waals surface area (Å²) in [7, 11) is 3.98. The molecule has 16 heavy (non-hydrogen) atoms. The first-order valence-corrected chi connectivity index (χ1v) is 6.36. The highest BCUT2D eigenvalue weighted by Gasteiger charge is 2.24. The van der Waals surface area contributed by atoms with Gasteiger partial charge in [-0.15, -0.1) is 0 Å². The summed E-state index contributed by atoms with van der Waals surface area (Å²) in [6.45, 7) is 9.47. The highest BCUT2D eigenvalue weighted by Crippen LogP contribution is 2.20. The second kappa shape index (κ2) is 6.11. The Balaban J connectivity index is 2.50. The molecule has 0 unspecified atom stereocenters. The third-order valence-electron chi connectivity index (χ3n) is 3.02. The van der Waals surface area contributed by atoms with Crippen LogP contribution in [0.4, 0.5) is 0 Å². The summed E-state index contributed by atoms with van der Waals surface area (Å²) in [6.07, 6.45) is 2.09. The first-order valence-electron chi connectivity index (χ1n) is 5.48. The van der Waals surface area contributed by atoms with Crippen molar-refractivity contribution in [2.24, 2.45) is 0 Å². The Morgan fingerprint density at radius 1 is 1.50 bits per heavy atom. The summed E-state index contributed by atoms with van der Waals surface area (Å²) in [5.74, 6) is 0.0273. The van der Waals surface area contributed by atoms with Crippen LogP contribution in [0.15, 0.2) is 23.5 Å². The lowest BCUT2D eigenvalue weighted by Gasteiger charge is -2.35. The largest absolute Gasteiger partial charge is 0.338 e. The van der Waals surface area contributed by atoms with Crippen LogP contribution in [0.5, 0.6) is 0 Å². The van der Waals surface area contributed by atoms with Crippen LogP contribution in [0, 0.1) is 0 Å². The van der Waals surface area contributed by atoms with Crippen molar-refractivity contribution in [1.82, 2.24) is 9.80 Å². The van der Waals surface area contributed by atoms with Crippen molar-refractivity contribution in [1.29, 1.82) is 0 Å². The number of thioether (sulfide) groups is 1. The molecule has 0 saturated carbocycles. The minimum absolute atomic E-state index is 0.0273. The van der Waals surface area contributed by atoms with Crippen LogP contribution in [0.25, 0.3) is 0 Å². The second-order valence-corrected chi connectivity index (χ2v) is 5.22. The molecule has 90 valence electrons. The summed E-state index contributed by atoms with van der Waals surface area (Å²) in [5.41, 5.74) is 0.